The van der Waals surface area contributed by atoms with Crippen molar-refractivity contribution >= 4 is 27.2 Å². The second kappa shape index (κ2) is 8.57. The highest BCUT2D eigenvalue weighted by atomic mass is 32.2. The van der Waals surface area contributed by atoms with Gasteiger partial charge in [-0.2, -0.15) is 12.8 Å². The summed E-state index contributed by atoms with van der Waals surface area (Å²) >= 11 is 0. The van der Waals surface area contributed by atoms with Gasteiger partial charge in [-0.1, -0.05) is 42.5 Å². The summed E-state index contributed by atoms with van der Waals surface area (Å²) in [7, 11) is -3.94. The molecule has 0 fully saturated rings. The Hall–Kier alpha value is -3.71. The van der Waals surface area contributed by atoms with Gasteiger partial charge in [-0.25, -0.2) is 0 Å². The minimum atomic E-state index is -3.94. The summed E-state index contributed by atoms with van der Waals surface area (Å²) in [4.78, 5) is 13.1. The third kappa shape index (κ3) is 4.41. The van der Waals surface area contributed by atoms with Crippen LogP contribution in [0.3, 0.4) is 0 Å². The van der Waals surface area contributed by atoms with Gasteiger partial charge in [0.1, 0.15) is 5.75 Å². The Morgan fingerprint density at radius 1 is 0.871 bits per heavy atom. The third-order valence-electron chi connectivity index (χ3n) is 4.68. The van der Waals surface area contributed by atoms with Crippen molar-refractivity contribution in [3.8, 4) is 5.75 Å². The Kier molecular flexibility index (Phi) is 5.68. The van der Waals surface area contributed by atoms with Gasteiger partial charge in [0.2, 0.25) is 5.78 Å². The number of nitrogens with zero attached hydrogens (tertiary/aromatic N) is 1. The summed E-state index contributed by atoms with van der Waals surface area (Å²) in [6.07, 6.45) is 1.47. The molecule has 0 bridgehead atoms. The van der Waals surface area contributed by atoms with E-state index in [-0.39, 0.29) is 22.1 Å². The number of fused-ring (bicyclic) bond motifs is 1. The summed E-state index contributed by atoms with van der Waals surface area (Å²) in [5.41, 5.74) is 1.98. The summed E-state index contributed by atoms with van der Waals surface area (Å²) in [6, 6.07) is 22.0. The van der Waals surface area contributed by atoms with Crippen molar-refractivity contribution in [2.45, 2.75) is 11.8 Å². The molecule has 6 nitrogen and oxygen atoms in total. The average Bonchev–Trinajstić information content (AvgIpc) is 2.79. The molecule has 31 heavy (non-hydrogen) atoms. The van der Waals surface area contributed by atoms with E-state index >= 15 is 0 Å². The van der Waals surface area contributed by atoms with Crippen molar-refractivity contribution in [1.29, 1.82) is 0 Å². The van der Waals surface area contributed by atoms with E-state index in [9.17, 15) is 13.2 Å². The van der Waals surface area contributed by atoms with Crippen LogP contribution in [0.15, 0.2) is 99.9 Å². The van der Waals surface area contributed by atoms with Crippen LogP contribution in [0.5, 0.6) is 5.75 Å². The number of sulfonamides is 1. The Morgan fingerprint density at radius 2 is 1.52 bits per heavy atom. The summed E-state index contributed by atoms with van der Waals surface area (Å²) < 4.78 is 35.1. The normalized spacial score (nSPS) is 14.7. The highest BCUT2D eigenvalue weighted by Crippen LogP contribution is 2.26. The molecule has 1 aliphatic carbocycles. The van der Waals surface area contributed by atoms with Gasteiger partial charge in [0.15, 0.2) is 0 Å². The first-order valence-corrected chi connectivity index (χ1v) is 11.2. The van der Waals surface area contributed by atoms with Crippen LogP contribution in [0.25, 0.3) is 0 Å². The lowest BCUT2D eigenvalue weighted by Gasteiger charge is -2.19. The second-order valence-corrected chi connectivity index (χ2v) is 8.38. The first-order chi connectivity index (χ1) is 15.0. The van der Waals surface area contributed by atoms with Crippen LogP contribution >= 0.6 is 0 Å². The SMILES string of the molecule is CCOc1ccc(NC2=C/C(=N/S(=O)(=O)c3ccccc3)c3ccccc3C2=O)cc1. The molecule has 0 aliphatic heterocycles. The molecular formula is C24H20N2O4S. The van der Waals surface area contributed by atoms with Crippen LogP contribution in [0, 0.1) is 0 Å². The molecule has 0 heterocycles. The highest BCUT2D eigenvalue weighted by molar-refractivity contribution is 7.90. The number of benzene rings is 3. The van der Waals surface area contributed by atoms with Gasteiger partial charge in [-0.15, -0.1) is 0 Å². The number of nitrogens with one attached hydrogen (secondary N) is 1. The molecule has 0 aromatic heterocycles. The van der Waals surface area contributed by atoms with Gasteiger partial charge >= 0.3 is 0 Å². The molecule has 0 amide bonds. The summed E-state index contributed by atoms with van der Waals surface area (Å²) in [6.45, 7) is 2.46. The monoisotopic (exact) mass is 432 g/mol. The number of hydrogen-bond donors (Lipinski definition) is 1. The quantitative estimate of drug-likeness (QED) is 0.622. The zero-order chi connectivity index (χ0) is 21.8. The third-order valence-corrected chi connectivity index (χ3v) is 5.98. The molecule has 0 atom stereocenters. The Bertz CT molecular complexity index is 1280. The molecule has 0 spiro atoms. The van der Waals surface area contributed by atoms with Gasteiger partial charge in [0.05, 0.1) is 22.9 Å². The molecule has 0 radical (unpaired) electrons. The lowest BCUT2D eigenvalue weighted by atomic mass is 9.92. The van der Waals surface area contributed by atoms with Crippen molar-refractivity contribution in [2.24, 2.45) is 4.40 Å². The van der Waals surface area contributed by atoms with Gasteiger partial charge in [-0.05, 0) is 49.4 Å². The number of ketones is 1. The number of carbonyl (C=O) groups is 1. The molecule has 0 saturated heterocycles. The van der Waals surface area contributed by atoms with Gasteiger partial charge < -0.3 is 10.1 Å². The number of anilines is 1. The number of rotatable bonds is 6. The lowest BCUT2D eigenvalue weighted by molar-refractivity contribution is 0.103. The molecule has 3 aromatic carbocycles. The summed E-state index contributed by atoms with van der Waals surface area (Å²) in [5, 5.41) is 3.08. The largest absolute Gasteiger partial charge is 0.494 e. The zero-order valence-electron chi connectivity index (χ0n) is 16.8. The van der Waals surface area contributed by atoms with Crippen LogP contribution < -0.4 is 10.1 Å². The smallest absolute Gasteiger partial charge is 0.282 e. The zero-order valence-corrected chi connectivity index (χ0v) is 17.6. The Labute approximate surface area is 181 Å². The fourth-order valence-corrected chi connectivity index (χ4v) is 4.25. The van der Waals surface area contributed by atoms with Crippen LogP contribution in [-0.2, 0) is 10.0 Å². The predicted molar refractivity (Wildman–Crippen MR) is 120 cm³/mol. The molecule has 156 valence electrons. The van der Waals surface area contributed by atoms with Crippen LogP contribution in [0.4, 0.5) is 5.69 Å². The average molecular weight is 433 g/mol. The van der Waals surface area contributed by atoms with Crippen LogP contribution in [0.1, 0.15) is 22.8 Å². The van der Waals surface area contributed by atoms with E-state index in [0.717, 1.165) is 5.75 Å². The molecule has 1 aliphatic rings. The van der Waals surface area contributed by atoms with E-state index < -0.39 is 10.0 Å². The fraction of sp³-hybridized carbons (Fsp3) is 0.0833. The van der Waals surface area contributed by atoms with Crippen molar-refractivity contribution < 1.29 is 17.9 Å². The number of carbonyl (C=O) groups excluding carboxylic acids is 1. The predicted octanol–water partition coefficient (Wildman–Crippen LogP) is 4.46. The molecule has 1 N–H and O–H groups in total. The maximum atomic E-state index is 13.0. The van der Waals surface area contributed by atoms with E-state index in [2.05, 4.69) is 9.71 Å². The topological polar surface area (TPSA) is 84.8 Å². The molecule has 0 saturated carbocycles. The maximum Gasteiger partial charge on any atom is 0.282 e. The molecule has 3 aromatic rings. The fourth-order valence-electron chi connectivity index (χ4n) is 3.23. The highest BCUT2D eigenvalue weighted by Gasteiger charge is 2.26. The number of allylic oxidation sites excluding steroid dienone is 2. The van der Waals surface area contributed by atoms with Crippen molar-refractivity contribution in [3.05, 3.63) is 102 Å². The number of Topliss-reactive ketones (excluding diaryl/α,β-unsaturated/α-hetero) is 1. The van der Waals surface area contributed by atoms with Gasteiger partial charge in [0.25, 0.3) is 10.0 Å². The van der Waals surface area contributed by atoms with Crippen molar-refractivity contribution in [3.63, 3.8) is 0 Å². The molecular weight excluding hydrogens is 412 g/mol. The first kappa shape index (κ1) is 20.6. The first-order valence-electron chi connectivity index (χ1n) is 9.73. The number of hydrogen-bond acceptors (Lipinski definition) is 5. The minimum Gasteiger partial charge on any atom is -0.494 e. The Balaban J connectivity index is 1.74. The maximum absolute atomic E-state index is 13.0. The second-order valence-electron chi connectivity index (χ2n) is 6.78. The molecule has 4 rings (SSSR count). The standard InChI is InChI=1S/C24H20N2O4S/c1-2-30-18-14-12-17(13-15-18)25-23-16-22(20-10-6-7-11-21(20)24(23)27)26-31(28,29)19-8-4-3-5-9-19/h3-16,25H,2H2,1H3/b26-22-. The molecule has 7 heteroatoms. The van der Waals surface area contributed by atoms with E-state index in [0.29, 0.717) is 23.4 Å². The molecule has 0 unspecified atom stereocenters. The van der Waals surface area contributed by atoms with Crippen LogP contribution in [0.2, 0.25) is 0 Å². The van der Waals surface area contributed by atoms with Gasteiger partial charge in [0, 0.05) is 16.8 Å². The lowest BCUT2D eigenvalue weighted by Crippen LogP contribution is -2.22. The van der Waals surface area contributed by atoms with E-state index in [1.807, 2.05) is 6.92 Å². The van der Waals surface area contributed by atoms with Crippen LogP contribution in [-0.4, -0.2) is 26.5 Å². The van der Waals surface area contributed by atoms with Crippen molar-refractivity contribution in [2.75, 3.05) is 11.9 Å². The van der Waals surface area contributed by atoms with E-state index in [1.165, 1.54) is 18.2 Å². The Morgan fingerprint density at radius 3 is 2.19 bits per heavy atom. The van der Waals surface area contributed by atoms with Crippen molar-refractivity contribution in [1.82, 2.24) is 0 Å². The van der Waals surface area contributed by atoms with E-state index in [1.54, 1.807) is 66.7 Å². The number of ether oxygens (including phenoxy) is 1. The minimum absolute atomic E-state index is 0.0892. The van der Waals surface area contributed by atoms with Gasteiger partial charge in [-0.3, -0.25) is 4.79 Å². The van der Waals surface area contributed by atoms with E-state index in [4.69, 9.17) is 4.74 Å². The summed E-state index contributed by atoms with van der Waals surface area (Å²) in [5.74, 6) is 0.485.